The highest BCUT2D eigenvalue weighted by molar-refractivity contribution is 5.43. The first-order chi connectivity index (χ1) is 6.38. The third-order valence-corrected chi connectivity index (χ3v) is 2.99. The molecule has 2 rings (SSSR count). The summed E-state index contributed by atoms with van der Waals surface area (Å²) in [5.41, 5.74) is 2.70. The van der Waals surface area contributed by atoms with Crippen LogP contribution in [0.5, 0.6) is 0 Å². The van der Waals surface area contributed by atoms with Gasteiger partial charge in [-0.1, -0.05) is 31.4 Å². The van der Waals surface area contributed by atoms with Gasteiger partial charge in [0.05, 0.1) is 0 Å². The highest BCUT2D eigenvalue weighted by Crippen LogP contribution is 2.29. The van der Waals surface area contributed by atoms with E-state index in [1.54, 1.807) is 0 Å². The van der Waals surface area contributed by atoms with Gasteiger partial charge >= 0.3 is 0 Å². The average Bonchev–Trinajstić information content (AvgIpc) is 2.12. The molecule has 1 nitrogen and oxygen atoms in total. The van der Waals surface area contributed by atoms with E-state index in [4.69, 9.17) is 0 Å². The maximum Gasteiger partial charge on any atom is 0.0337 e. The monoisotopic (exact) mass is 175 g/mol. The van der Waals surface area contributed by atoms with Crippen LogP contribution < -0.4 is 5.32 Å². The number of benzene rings is 1. The Labute approximate surface area is 80.2 Å². The molecule has 0 unspecified atom stereocenters. The Morgan fingerprint density at radius 2 is 1.92 bits per heavy atom. The number of rotatable bonds is 3. The van der Waals surface area contributed by atoms with Gasteiger partial charge in [-0.25, -0.2) is 0 Å². The van der Waals surface area contributed by atoms with E-state index in [0.717, 1.165) is 5.92 Å². The number of anilines is 1. The highest BCUT2D eigenvalue weighted by atomic mass is 14.8. The second kappa shape index (κ2) is 3.82. The van der Waals surface area contributed by atoms with Gasteiger partial charge in [0.1, 0.15) is 0 Å². The first-order valence-electron chi connectivity index (χ1n) is 5.15. The van der Waals surface area contributed by atoms with Crippen LogP contribution in [0.15, 0.2) is 24.3 Å². The van der Waals surface area contributed by atoms with Gasteiger partial charge in [-0.3, -0.25) is 0 Å². The molecule has 0 heterocycles. The summed E-state index contributed by atoms with van der Waals surface area (Å²) < 4.78 is 0. The summed E-state index contributed by atoms with van der Waals surface area (Å²) in [7, 11) is 1.96. The summed E-state index contributed by atoms with van der Waals surface area (Å²) >= 11 is 0. The molecular formula is C12H17N. The van der Waals surface area contributed by atoms with Crippen molar-refractivity contribution >= 4 is 5.69 Å². The Balaban J connectivity index is 1.96. The molecule has 0 atom stereocenters. The van der Waals surface area contributed by atoms with E-state index in [1.807, 2.05) is 7.05 Å². The molecule has 1 aromatic carbocycles. The molecule has 1 saturated carbocycles. The lowest BCUT2D eigenvalue weighted by Gasteiger charge is -2.25. The van der Waals surface area contributed by atoms with E-state index in [0.29, 0.717) is 0 Å². The van der Waals surface area contributed by atoms with Gasteiger partial charge < -0.3 is 5.32 Å². The summed E-state index contributed by atoms with van der Waals surface area (Å²) in [5.74, 6) is 0.973. The SMILES string of the molecule is CNc1ccc(CC2CCC2)cc1. The summed E-state index contributed by atoms with van der Waals surface area (Å²) in [5, 5.41) is 3.14. The Morgan fingerprint density at radius 1 is 1.23 bits per heavy atom. The lowest BCUT2D eigenvalue weighted by atomic mass is 9.81. The van der Waals surface area contributed by atoms with Crippen molar-refractivity contribution in [3.05, 3.63) is 29.8 Å². The third-order valence-electron chi connectivity index (χ3n) is 2.99. The minimum absolute atomic E-state index is 0.973. The van der Waals surface area contributed by atoms with Gasteiger partial charge in [-0.05, 0) is 30.0 Å². The molecular weight excluding hydrogens is 158 g/mol. The molecule has 0 radical (unpaired) electrons. The van der Waals surface area contributed by atoms with Crippen molar-refractivity contribution in [1.29, 1.82) is 0 Å². The van der Waals surface area contributed by atoms with Crippen molar-refractivity contribution in [3.8, 4) is 0 Å². The number of hydrogen-bond acceptors (Lipinski definition) is 1. The Kier molecular flexibility index (Phi) is 2.53. The lowest BCUT2D eigenvalue weighted by Crippen LogP contribution is -2.13. The highest BCUT2D eigenvalue weighted by Gasteiger charge is 2.17. The fourth-order valence-corrected chi connectivity index (χ4v) is 1.84. The largest absolute Gasteiger partial charge is 0.388 e. The summed E-state index contributed by atoms with van der Waals surface area (Å²) in [6, 6.07) is 8.80. The molecule has 0 bridgehead atoms. The summed E-state index contributed by atoms with van der Waals surface area (Å²) in [6.07, 6.45) is 5.60. The zero-order valence-electron chi connectivity index (χ0n) is 8.22. The van der Waals surface area contributed by atoms with Crippen molar-refractivity contribution in [1.82, 2.24) is 0 Å². The van der Waals surface area contributed by atoms with E-state index in [2.05, 4.69) is 29.6 Å². The van der Waals surface area contributed by atoms with Gasteiger partial charge in [-0.15, -0.1) is 0 Å². The van der Waals surface area contributed by atoms with Crippen LogP contribution in [0, 0.1) is 5.92 Å². The first kappa shape index (κ1) is 8.61. The molecule has 1 fully saturated rings. The topological polar surface area (TPSA) is 12.0 Å². The van der Waals surface area contributed by atoms with Crippen LogP contribution in [-0.4, -0.2) is 7.05 Å². The standard InChI is InChI=1S/C12H17N/c1-13-12-7-5-11(6-8-12)9-10-3-2-4-10/h5-8,10,13H,2-4,9H2,1H3. The van der Waals surface area contributed by atoms with Gasteiger partial charge in [0.2, 0.25) is 0 Å². The van der Waals surface area contributed by atoms with E-state index >= 15 is 0 Å². The van der Waals surface area contributed by atoms with Gasteiger partial charge in [-0.2, -0.15) is 0 Å². The molecule has 1 aromatic rings. The molecule has 1 heteroatoms. The van der Waals surface area contributed by atoms with Crippen LogP contribution in [0.25, 0.3) is 0 Å². The van der Waals surface area contributed by atoms with Crippen LogP contribution in [0.2, 0.25) is 0 Å². The van der Waals surface area contributed by atoms with Crippen LogP contribution in [0.4, 0.5) is 5.69 Å². The quantitative estimate of drug-likeness (QED) is 0.744. The smallest absolute Gasteiger partial charge is 0.0337 e. The van der Waals surface area contributed by atoms with Crippen molar-refractivity contribution in [2.45, 2.75) is 25.7 Å². The minimum Gasteiger partial charge on any atom is -0.388 e. The van der Waals surface area contributed by atoms with Crippen LogP contribution in [-0.2, 0) is 6.42 Å². The molecule has 0 spiro atoms. The van der Waals surface area contributed by atoms with Crippen molar-refractivity contribution in [2.75, 3.05) is 12.4 Å². The summed E-state index contributed by atoms with van der Waals surface area (Å²) in [4.78, 5) is 0. The molecule has 0 amide bonds. The molecule has 0 aliphatic heterocycles. The average molecular weight is 175 g/mol. The normalized spacial score (nSPS) is 16.7. The van der Waals surface area contributed by atoms with Crippen molar-refractivity contribution in [3.63, 3.8) is 0 Å². The molecule has 70 valence electrons. The van der Waals surface area contributed by atoms with Crippen molar-refractivity contribution < 1.29 is 0 Å². The predicted molar refractivity (Wildman–Crippen MR) is 57.0 cm³/mol. The Hall–Kier alpha value is -0.980. The zero-order chi connectivity index (χ0) is 9.10. The van der Waals surface area contributed by atoms with Crippen LogP contribution in [0.3, 0.4) is 0 Å². The zero-order valence-corrected chi connectivity index (χ0v) is 8.22. The second-order valence-corrected chi connectivity index (χ2v) is 3.95. The third kappa shape index (κ3) is 2.03. The van der Waals surface area contributed by atoms with E-state index < -0.39 is 0 Å². The van der Waals surface area contributed by atoms with E-state index in [-0.39, 0.29) is 0 Å². The fourth-order valence-electron chi connectivity index (χ4n) is 1.84. The summed E-state index contributed by atoms with van der Waals surface area (Å²) in [6.45, 7) is 0. The Bertz CT molecular complexity index is 259. The molecule has 0 saturated heterocycles. The van der Waals surface area contributed by atoms with E-state index in [1.165, 1.54) is 36.9 Å². The first-order valence-corrected chi connectivity index (χ1v) is 5.15. The maximum absolute atomic E-state index is 3.14. The van der Waals surface area contributed by atoms with Crippen LogP contribution >= 0.6 is 0 Å². The van der Waals surface area contributed by atoms with Gasteiger partial charge in [0, 0.05) is 12.7 Å². The van der Waals surface area contributed by atoms with Gasteiger partial charge in [0.15, 0.2) is 0 Å². The number of nitrogens with one attached hydrogen (secondary N) is 1. The van der Waals surface area contributed by atoms with Crippen molar-refractivity contribution in [2.24, 2.45) is 5.92 Å². The van der Waals surface area contributed by atoms with Crippen LogP contribution in [0.1, 0.15) is 24.8 Å². The Morgan fingerprint density at radius 3 is 2.38 bits per heavy atom. The van der Waals surface area contributed by atoms with E-state index in [9.17, 15) is 0 Å². The maximum atomic E-state index is 3.14. The molecule has 1 aliphatic carbocycles. The fraction of sp³-hybridized carbons (Fsp3) is 0.500. The minimum atomic E-state index is 0.973. The van der Waals surface area contributed by atoms with Gasteiger partial charge in [0.25, 0.3) is 0 Å². The molecule has 1 aliphatic rings. The molecule has 0 aromatic heterocycles. The number of hydrogen-bond donors (Lipinski definition) is 1. The molecule has 1 N–H and O–H groups in total. The lowest BCUT2D eigenvalue weighted by molar-refractivity contribution is 0.314. The second-order valence-electron chi connectivity index (χ2n) is 3.95. The predicted octanol–water partition coefficient (Wildman–Crippen LogP) is 3.07. The molecule has 13 heavy (non-hydrogen) atoms.